The van der Waals surface area contributed by atoms with Crippen LogP contribution in [0.15, 0.2) is 546 Å². The summed E-state index contributed by atoms with van der Waals surface area (Å²) in [5.41, 5.74) is 37.0. The molecule has 6 aromatic heterocycles. The Bertz CT molecular complexity index is 9680. The molecule has 0 aliphatic heterocycles. The minimum atomic E-state index is 0. The zero-order chi connectivity index (χ0) is 97.9. The van der Waals surface area contributed by atoms with Crippen molar-refractivity contribution in [1.29, 1.82) is 0 Å². The van der Waals surface area contributed by atoms with E-state index in [0.717, 1.165) is 188 Å². The maximum Gasteiger partial charge on any atom is 0.238 e. The molecule has 0 spiro atoms. The van der Waals surface area contributed by atoms with Gasteiger partial charge in [0.05, 0.1) is 44.1 Å². The van der Waals surface area contributed by atoms with Gasteiger partial charge in [-0.3, -0.25) is 9.13 Å². The number of rotatable bonds is 18. The van der Waals surface area contributed by atoms with Crippen molar-refractivity contribution in [3.05, 3.63) is 546 Å². The van der Waals surface area contributed by atoms with Crippen LogP contribution in [0.2, 0.25) is 0 Å². The average Bonchev–Trinajstić information content (AvgIpc) is 1.54. The van der Waals surface area contributed by atoms with Crippen LogP contribution in [0.5, 0.6) is 0 Å². The quantitative estimate of drug-likeness (QED) is 0.0849. The lowest BCUT2D eigenvalue weighted by Gasteiger charge is -2.16. The first-order chi connectivity index (χ1) is 73.4. The second kappa shape index (κ2) is 38.4. The van der Waals surface area contributed by atoms with Crippen LogP contribution >= 0.6 is 0 Å². The number of hydrogen-bond acceptors (Lipinski definition) is 6. The summed E-state index contributed by atoms with van der Waals surface area (Å²) < 4.78 is 9.49. The summed E-state index contributed by atoms with van der Waals surface area (Å²) >= 11 is 0. The molecule has 6 heterocycles. The molecule has 0 saturated heterocycles. The molecule has 0 bridgehead atoms. The number of benzene rings is 22. The molecule has 0 aliphatic rings. The van der Waals surface area contributed by atoms with Gasteiger partial charge in [-0.1, -0.05) is 487 Å². The van der Waals surface area contributed by atoms with Crippen LogP contribution in [0.1, 0.15) is 7.43 Å². The van der Waals surface area contributed by atoms with Gasteiger partial charge in [0.25, 0.3) is 0 Å². The largest absolute Gasteiger partial charge is 0.307 e. The summed E-state index contributed by atoms with van der Waals surface area (Å²) in [7, 11) is 0. The Labute approximate surface area is 862 Å². The summed E-state index contributed by atoms with van der Waals surface area (Å²) in [5.74, 6) is 3.48. The first kappa shape index (κ1) is 89.2. The lowest BCUT2D eigenvalue weighted by molar-refractivity contribution is 0.953. The van der Waals surface area contributed by atoms with Crippen LogP contribution in [-0.2, 0) is 0 Å². The van der Waals surface area contributed by atoms with E-state index in [1.165, 1.54) is 44.5 Å². The van der Waals surface area contributed by atoms with Gasteiger partial charge in [-0.05, 0) is 178 Å². The third kappa shape index (κ3) is 16.5. The fourth-order valence-corrected chi connectivity index (χ4v) is 21.7. The van der Waals surface area contributed by atoms with Crippen LogP contribution in [-0.4, -0.2) is 48.2 Å². The summed E-state index contributed by atoms with van der Waals surface area (Å²) in [6.45, 7) is 0. The highest BCUT2D eigenvalue weighted by Gasteiger charge is 2.29. The first-order valence-electron chi connectivity index (χ1n) is 50.2. The first-order valence-corrected chi connectivity index (χ1v) is 50.2. The standard InChI is InChI=1S/2C69H45N5.CH4/c1-5-18-46(19-6-1)49-32-36-51(37-33-49)56-43-57(52-38-34-50(35-39-52)47-20-7-2-8-21-47)45-58(44-56)73-63-30-15-13-28-59(63)61-40-41-62-60-29-14-16-31-64(60)74(66(62)65(61)73)69-71-67(53-24-11-4-12-25-53)70-68(72-69)55-27-17-26-54(42-55)48-22-9-3-10-23-48;1-5-19-46(20-6-1)48-33-37-50(38-34-48)54-43-55(51-39-35-49(36-40-51)47-21-7-2-8-22-47)45-56(44-54)73-63-31-17-15-28-58(63)60-41-42-61-59-29-16-18-32-64(59)74(66(61)65(60)73)69-71-67(53-25-11-4-12-26-53)70-68(72-69)62-30-14-13-27-57(62)52-23-9-3-10-24-52;/h2*1-45H;1H4. The van der Waals surface area contributed by atoms with Crippen molar-refractivity contribution < 1.29 is 0 Å². The third-order valence-electron chi connectivity index (χ3n) is 28.8. The van der Waals surface area contributed by atoms with Crippen LogP contribution in [0.3, 0.4) is 0 Å². The van der Waals surface area contributed by atoms with E-state index in [9.17, 15) is 0 Å². The molecule has 149 heavy (non-hydrogen) atoms. The van der Waals surface area contributed by atoms with E-state index >= 15 is 0 Å². The van der Waals surface area contributed by atoms with Gasteiger partial charge in [-0.15, -0.1) is 0 Å². The Balaban J connectivity index is 0.000000150. The van der Waals surface area contributed by atoms with Crippen LogP contribution in [0.25, 0.3) is 267 Å². The van der Waals surface area contributed by atoms with E-state index in [1.807, 2.05) is 48.5 Å². The Hall–Kier alpha value is -19.9. The van der Waals surface area contributed by atoms with Gasteiger partial charge in [0.15, 0.2) is 23.3 Å². The SMILES string of the molecule is C.c1ccc(-c2ccc(-c3cc(-c4ccc(-c5ccccc5)cc4)cc(-n4c5ccccc5c5ccc6c7ccccc7n(-c7nc(-c8ccccc8)nc(-c8cccc(-c9ccccc9)c8)n7)c6c54)c3)cc2)cc1.c1ccc(-c2ccc(-c3cc(-c4ccc(-c5ccccc5)cc4)cc(-n4c5ccccc5c5ccc6c7ccccc7n(-c7nc(-c8ccccc8)nc(-c8ccccc8-c8ccccc8)n7)c6c54)c3)cc2)cc1. The topological polar surface area (TPSA) is 97.1 Å². The minimum Gasteiger partial charge on any atom is -0.307 e. The van der Waals surface area contributed by atoms with Crippen molar-refractivity contribution in [2.75, 3.05) is 0 Å². The molecule has 0 aliphatic carbocycles. The molecular formula is C139H94N10. The Kier molecular flexibility index (Phi) is 23.0. The van der Waals surface area contributed by atoms with E-state index in [-0.39, 0.29) is 7.43 Å². The average molecular weight is 1900 g/mol. The number of para-hydroxylation sites is 4. The molecule has 0 unspecified atom stereocenters. The summed E-state index contributed by atoms with van der Waals surface area (Å²) in [6.07, 6.45) is 0. The van der Waals surface area contributed by atoms with Crippen molar-refractivity contribution in [2.45, 2.75) is 7.43 Å². The monoisotopic (exact) mass is 1900 g/mol. The van der Waals surface area contributed by atoms with E-state index in [4.69, 9.17) is 29.9 Å². The van der Waals surface area contributed by atoms with Gasteiger partial charge in [0, 0.05) is 76.7 Å². The van der Waals surface area contributed by atoms with Gasteiger partial charge < -0.3 is 9.13 Å². The molecular weight excluding hydrogens is 1810 g/mol. The van der Waals surface area contributed by atoms with Gasteiger partial charge in [0.1, 0.15) is 0 Å². The number of hydrogen-bond donors (Lipinski definition) is 0. The van der Waals surface area contributed by atoms with Crippen molar-refractivity contribution in [3.63, 3.8) is 0 Å². The lowest BCUT2D eigenvalue weighted by Crippen LogP contribution is -2.07. The highest BCUT2D eigenvalue weighted by atomic mass is 15.2. The van der Waals surface area contributed by atoms with E-state index in [1.54, 1.807) is 0 Å². The molecule has 22 aromatic carbocycles. The zero-order valence-electron chi connectivity index (χ0n) is 80.4. The molecule has 0 saturated carbocycles. The predicted octanol–water partition coefficient (Wildman–Crippen LogP) is 36.1. The molecule has 0 amide bonds. The Morgan fingerprint density at radius 3 is 0.651 bits per heavy atom. The normalized spacial score (nSPS) is 11.4. The number of aromatic nitrogens is 10. The summed E-state index contributed by atoms with van der Waals surface area (Å²) in [4.78, 5) is 32.3. The van der Waals surface area contributed by atoms with Gasteiger partial charge >= 0.3 is 0 Å². The smallest absolute Gasteiger partial charge is 0.238 e. The van der Waals surface area contributed by atoms with Gasteiger partial charge in [0.2, 0.25) is 11.9 Å². The predicted molar refractivity (Wildman–Crippen MR) is 620 cm³/mol. The van der Waals surface area contributed by atoms with Crippen molar-refractivity contribution >= 4 is 87.2 Å². The van der Waals surface area contributed by atoms with Gasteiger partial charge in [-0.25, -0.2) is 9.97 Å². The maximum atomic E-state index is 5.52. The van der Waals surface area contributed by atoms with Crippen LogP contribution in [0.4, 0.5) is 0 Å². The molecule has 28 aromatic rings. The minimum absolute atomic E-state index is 0. The molecule has 0 N–H and O–H groups in total. The van der Waals surface area contributed by atoms with Crippen molar-refractivity contribution in [2.24, 2.45) is 0 Å². The van der Waals surface area contributed by atoms with Gasteiger partial charge in [-0.2, -0.15) is 19.9 Å². The maximum absolute atomic E-state index is 5.52. The van der Waals surface area contributed by atoms with Crippen molar-refractivity contribution in [1.82, 2.24) is 48.2 Å². The summed E-state index contributed by atoms with van der Waals surface area (Å²) in [5, 5.41) is 9.03. The number of nitrogens with zero attached hydrogens (tertiary/aromatic N) is 10. The lowest BCUT2D eigenvalue weighted by atomic mass is 9.95. The Morgan fingerprint density at radius 2 is 0.329 bits per heavy atom. The second-order valence-corrected chi connectivity index (χ2v) is 37.6. The van der Waals surface area contributed by atoms with E-state index in [0.29, 0.717) is 35.2 Å². The highest BCUT2D eigenvalue weighted by molar-refractivity contribution is 6.26. The Morgan fingerprint density at radius 1 is 0.121 bits per heavy atom. The fraction of sp³-hybridized carbons (Fsp3) is 0.00719. The molecule has 10 heteroatoms. The molecule has 10 nitrogen and oxygen atoms in total. The zero-order valence-corrected chi connectivity index (χ0v) is 80.4. The molecule has 0 fully saturated rings. The fourth-order valence-electron chi connectivity index (χ4n) is 21.7. The van der Waals surface area contributed by atoms with Crippen molar-refractivity contribution in [3.8, 4) is 180 Å². The third-order valence-corrected chi connectivity index (χ3v) is 28.8. The number of fused-ring (bicyclic) bond motifs is 14. The molecule has 28 rings (SSSR count). The molecule has 0 atom stereocenters. The molecule has 700 valence electrons. The van der Waals surface area contributed by atoms with E-state index in [2.05, 4.69) is 516 Å². The summed E-state index contributed by atoms with van der Waals surface area (Å²) in [6, 6.07) is 195. The highest BCUT2D eigenvalue weighted by Crippen LogP contribution is 2.48. The van der Waals surface area contributed by atoms with Crippen LogP contribution in [0, 0.1) is 0 Å². The second-order valence-electron chi connectivity index (χ2n) is 37.6. The van der Waals surface area contributed by atoms with Crippen LogP contribution < -0.4 is 0 Å². The molecule has 0 radical (unpaired) electrons. The van der Waals surface area contributed by atoms with E-state index < -0.39 is 0 Å².